The summed E-state index contributed by atoms with van der Waals surface area (Å²) in [7, 11) is 0. The molecule has 1 aromatic rings. The van der Waals surface area contributed by atoms with Crippen LogP contribution in [0.2, 0.25) is 0 Å². The third kappa shape index (κ3) is 2.33. The minimum Gasteiger partial charge on any atom is -0.368 e. The zero-order valence-corrected chi connectivity index (χ0v) is 8.20. The standard InChI is InChI=1S/C11H12FNO2/c12-8-4-1-2-5-9(8)13-11(14)10-6-3-7-15-10/h1-2,4-5,10H,3,6-7H2,(H,13,14)/t10-/m0/s1. The summed E-state index contributed by atoms with van der Waals surface area (Å²) in [4.78, 5) is 11.6. The maximum Gasteiger partial charge on any atom is 0.253 e. The SMILES string of the molecule is O=C(Nc1ccccc1F)[C@@H]1CCCO1. The number of carbonyl (C=O) groups excluding carboxylic acids is 1. The van der Waals surface area contributed by atoms with Crippen LogP contribution in [0.4, 0.5) is 10.1 Å². The van der Waals surface area contributed by atoms with Gasteiger partial charge in [0, 0.05) is 6.61 Å². The molecule has 1 N–H and O–H groups in total. The summed E-state index contributed by atoms with van der Waals surface area (Å²) < 4.78 is 18.4. The summed E-state index contributed by atoms with van der Waals surface area (Å²) in [5.74, 6) is -0.693. The monoisotopic (exact) mass is 209 g/mol. The van der Waals surface area contributed by atoms with Gasteiger partial charge >= 0.3 is 0 Å². The second-order valence-electron chi connectivity index (χ2n) is 3.47. The summed E-state index contributed by atoms with van der Waals surface area (Å²) in [6.45, 7) is 0.607. The minimum atomic E-state index is -0.427. The van der Waals surface area contributed by atoms with Crippen molar-refractivity contribution in [3.05, 3.63) is 30.1 Å². The van der Waals surface area contributed by atoms with Crippen molar-refractivity contribution in [2.45, 2.75) is 18.9 Å². The quantitative estimate of drug-likeness (QED) is 0.808. The lowest BCUT2D eigenvalue weighted by molar-refractivity contribution is -0.124. The van der Waals surface area contributed by atoms with Gasteiger partial charge in [0.1, 0.15) is 11.9 Å². The van der Waals surface area contributed by atoms with E-state index in [-0.39, 0.29) is 11.6 Å². The second-order valence-corrected chi connectivity index (χ2v) is 3.47. The lowest BCUT2D eigenvalue weighted by atomic mass is 10.2. The van der Waals surface area contributed by atoms with Gasteiger partial charge in [-0.1, -0.05) is 12.1 Å². The number of benzene rings is 1. The van der Waals surface area contributed by atoms with Gasteiger partial charge in [0.2, 0.25) is 0 Å². The predicted molar refractivity (Wildman–Crippen MR) is 54.0 cm³/mol. The normalized spacial score (nSPS) is 20.2. The van der Waals surface area contributed by atoms with Crippen LogP contribution in [0.15, 0.2) is 24.3 Å². The highest BCUT2D eigenvalue weighted by Gasteiger charge is 2.23. The molecule has 0 aliphatic carbocycles. The molecule has 0 unspecified atom stereocenters. The molecule has 0 bridgehead atoms. The number of hydrogen-bond donors (Lipinski definition) is 1. The molecule has 1 heterocycles. The molecule has 1 fully saturated rings. The zero-order valence-electron chi connectivity index (χ0n) is 8.20. The highest BCUT2D eigenvalue weighted by Crippen LogP contribution is 2.17. The fraction of sp³-hybridized carbons (Fsp3) is 0.364. The van der Waals surface area contributed by atoms with E-state index in [1.807, 2.05) is 0 Å². The number of para-hydroxylation sites is 1. The van der Waals surface area contributed by atoms with E-state index in [0.717, 1.165) is 6.42 Å². The number of ether oxygens (including phenoxy) is 1. The number of nitrogens with one attached hydrogen (secondary N) is 1. The average Bonchev–Trinajstić information content (AvgIpc) is 2.74. The Morgan fingerprint density at radius 2 is 2.27 bits per heavy atom. The van der Waals surface area contributed by atoms with Crippen molar-refractivity contribution >= 4 is 11.6 Å². The van der Waals surface area contributed by atoms with Crippen molar-refractivity contribution < 1.29 is 13.9 Å². The van der Waals surface area contributed by atoms with Crippen LogP contribution in [0.3, 0.4) is 0 Å². The van der Waals surface area contributed by atoms with Crippen LogP contribution in [-0.4, -0.2) is 18.6 Å². The molecule has 4 heteroatoms. The average molecular weight is 209 g/mol. The lowest BCUT2D eigenvalue weighted by Crippen LogP contribution is -2.27. The molecule has 1 amide bonds. The number of carbonyl (C=O) groups is 1. The topological polar surface area (TPSA) is 38.3 Å². The molecule has 0 spiro atoms. The molecular formula is C11H12FNO2. The number of hydrogen-bond acceptors (Lipinski definition) is 2. The van der Waals surface area contributed by atoms with E-state index in [2.05, 4.69) is 5.32 Å². The van der Waals surface area contributed by atoms with E-state index < -0.39 is 11.9 Å². The van der Waals surface area contributed by atoms with Gasteiger partial charge in [-0.3, -0.25) is 4.79 Å². The van der Waals surface area contributed by atoms with E-state index in [0.29, 0.717) is 13.0 Å². The van der Waals surface area contributed by atoms with Crippen molar-refractivity contribution in [1.82, 2.24) is 0 Å². The fourth-order valence-corrected chi connectivity index (χ4v) is 1.56. The smallest absolute Gasteiger partial charge is 0.253 e. The van der Waals surface area contributed by atoms with E-state index in [1.54, 1.807) is 12.1 Å². The molecular weight excluding hydrogens is 197 g/mol. The van der Waals surface area contributed by atoms with Crippen molar-refractivity contribution in [2.75, 3.05) is 11.9 Å². The summed E-state index contributed by atoms with van der Waals surface area (Å²) >= 11 is 0. The molecule has 1 saturated heterocycles. The van der Waals surface area contributed by atoms with Crippen LogP contribution in [0.5, 0.6) is 0 Å². The molecule has 2 rings (SSSR count). The lowest BCUT2D eigenvalue weighted by Gasteiger charge is -2.10. The number of rotatable bonds is 2. The Labute approximate surface area is 87.2 Å². The minimum absolute atomic E-state index is 0.206. The Morgan fingerprint density at radius 1 is 1.47 bits per heavy atom. The summed E-state index contributed by atoms with van der Waals surface area (Å²) in [5.41, 5.74) is 0.206. The zero-order chi connectivity index (χ0) is 10.7. The third-order valence-corrected chi connectivity index (χ3v) is 2.35. The van der Waals surface area contributed by atoms with Crippen LogP contribution >= 0.6 is 0 Å². The Hall–Kier alpha value is -1.42. The Morgan fingerprint density at radius 3 is 2.93 bits per heavy atom. The van der Waals surface area contributed by atoms with Gasteiger partial charge in [0.25, 0.3) is 5.91 Å². The Balaban J connectivity index is 2.02. The number of halogens is 1. The summed E-state index contributed by atoms with van der Waals surface area (Å²) in [6, 6.07) is 6.10. The molecule has 1 aliphatic rings. The van der Waals surface area contributed by atoms with Gasteiger partial charge in [-0.25, -0.2) is 4.39 Å². The predicted octanol–water partition coefficient (Wildman–Crippen LogP) is 1.94. The van der Waals surface area contributed by atoms with Crippen molar-refractivity contribution in [3.8, 4) is 0 Å². The molecule has 0 radical (unpaired) electrons. The Bertz CT molecular complexity index is 361. The fourth-order valence-electron chi connectivity index (χ4n) is 1.56. The molecule has 0 saturated carbocycles. The molecule has 1 aromatic carbocycles. The van der Waals surface area contributed by atoms with Gasteiger partial charge in [-0.15, -0.1) is 0 Å². The van der Waals surface area contributed by atoms with Gasteiger partial charge in [0.05, 0.1) is 5.69 Å². The first-order valence-corrected chi connectivity index (χ1v) is 4.94. The van der Waals surface area contributed by atoms with Gasteiger partial charge in [-0.2, -0.15) is 0 Å². The molecule has 80 valence electrons. The van der Waals surface area contributed by atoms with Crippen molar-refractivity contribution in [2.24, 2.45) is 0 Å². The highest BCUT2D eigenvalue weighted by atomic mass is 19.1. The van der Waals surface area contributed by atoms with E-state index in [9.17, 15) is 9.18 Å². The first kappa shape index (κ1) is 10.1. The molecule has 15 heavy (non-hydrogen) atoms. The van der Waals surface area contributed by atoms with Crippen LogP contribution in [0.1, 0.15) is 12.8 Å². The molecule has 0 aromatic heterocycles. The maximum atomic E-state index is 13.2. The second kappa shape index (κ2) is 4.40. The number of anilines is 1. The van der Waals surface area contributed by atoms with E-state index >= 15 is 0 Å². The largest absolute Gasteiger partial charge is 0.368 e. The van der Waals surface area contributed by atoms with Gasteiger partial charge < -0.3 is 10.1 Å². The van der Waals surface area contributed by atoms with Gasteiger partial charge in [0.15, 0.2) is 0 Å². The summed E-state index contributed by atoms with van der Waals surface area (Å²) in [5, 5.41) is 2.51. The first-order valence-electron chi connectivity index (χ1n) is 4.94. The van der Waals surface area contributed by atoms with Crippen LogP contribution in [0.25, 0.3) is 0 Å². The number of amides is 1. The third-order valence-electron chi connectivity index (χ3n) is 2.35. The van der Waals surface area contributed by atoms with Crippen LogP contribution < -0.4 is 5.32 Å². The molecule has 3 nitrogen and oxygen atoms in total. The highest BCUT2D eigenvalue weighted by molar-refractivity contribution is 5.94. The van der Waals surface area contributed by atoms with E-state index in [1.165, 1.54) is 12.1 Å². The first-order chi connectivity index (χ1) is 7.27. The van der Waals surface area contributed by atoms with E-state index in [4.69, 9.17) is 4.74 Å². The summed E-state index contributed by atoms with van der Waals surface area (Å²) in [6.07, 6.45) is 1.17. The maximum absolute atomic E-state index is 13.2. The molecule has 1 aliphatic heterocycles. The van der Waals surface area contributed by atoms with Crippen LogP contribution in [-0.2, 0) is 9.53 Å². The van der Waals surface area contributed by atoms with Crippen molar-refractivity contribution in [1.29, 1.82) is 0 Å². The van der Waals surface area contributed by atoms with Crippen molar-refractivity contribution in [3.63, 3.8) is 0 Å². The Kier molecular flexibility index (Phi) is 2.97. The van der Waals surface area contributed by atoms with Gasteiger partial charge in [-0.05, 0) is 25.0 Å². The molecule has 1 atom stereocenters. The van der Waals surface area contributed by atoms with Crippen LogP contribution in [0, 0.1) is 5.82 Å².